The van der Waals surface area contributed by atoms with Gasteiger partial charge in [0, 0.05) is 16.9 Å². The SMILES string of the molecule is CCCCCCC(Cl)=C[C@@H]1[C@H](c2cc(-c3ccccc3)ccc2C(=O)O)[C@H]2OC(=O)C[C@@]1(O)C2(O)O. The molecule has 36 heavy (non-hydrogen) atoms. The number of allylic oxidation sites excluding steroid dienone is 1. The van der Waals surface area contributed by atoms with Gasteiger partial charge >= 0.3 is 11.9 Å². The Hall–Kier alpha value is -2.71. The topological polar surface area (TPSA) is 124 Å². The molecule has 2 aromatic carbocycles. The van der Waals surface area contributed by atoms with Crippen molar-refractivity contribution in [3.63, 3.8) is 0 Å². The average Bonchev–Trinajstić information content (AvgIpc) is 2.92. The second-order valence-electron chi connectivity index (χ2n) is 9.69. The molecule has 0 aromatic heterocycles. The van der Waals surface area contributed by atoms with Gasteiger partial charge in [-0.3, -0.25) is 4.79 Å². The van der Waals surface area contributed by atoms with Crippen molar-refractivity contribution in [1.82, 2.24) is 0 Å². The number of carbonyl (C=O) groups excluding carboxylic acids is 1. The van der Waals surface area contributed by atoms with E-state index in [1.54, 1.807) is 18.2 Å². The Labute approximate surface area is 215 Å². The standard InChI is InChI=1S/C28H31ClO7/c1-2-3-4-8-11-19(29)15-22-24(25-28(34,35)27(22,33)16-23(30)36-25)21-14-18(12-13-20(21)26(31)32)17-9-6-5-7-10-17/h5-7,9-10,12-15,22,24-25,33-35H,2-4,8,11,16H2,1H3,(H,31,32)/t22-,24+,25-,27+/m1/s1. The van der Waals surface area contributed by atoms with Gasteiger partial charge in [0.15, 0.2) is 6.10 Å². The minimum absolute atomic E-state index is 0.0832. The van der Waals surface area contributed by atoms with Gasteiger partial charge in [-0.05, 0) is 41.7 Å². The molecule has 0 spiro atoms. The van der Waals surface area contributed by atoms with Crippen molar-refractivity contribution >= 4 is 23.5 Å². The summed E-state index contributed by atoms with van der Waals surface area (Å²) in [6, 6.07) is 14.1. The van der Waals surface area contributed by atoms with Crippen LogP contribution in [-0.4, -0.2) is 49.9 Å². The zero-order valence-corrected chi connectivity index (χ0v) is 20.8. The predicted octanol–water partition coefficient (Wildman–Crippen LogP) is 4.59. The molecule has 1 aliphatic carbocycles. The molecule has 0 amide bonds. The lowest BCUT2D eigenvalue weighted by Gasteiger charge is -2.40. The summed E-state index contributed by atoms with van der Waals surface area (Å²) in [4.78, 5) is 24.6. The lowest BCUT2D eigenvalue weighted by atomic mass is 9.77. The number of carboxylic acid groups (broad SMARTS) is 1. The highest BCUT2D eigenvalue weighted by Crippen LogP contribution is 2.58. The van der Waals surface area contributed by atoms with Crippen molar-refractivity contribution < 1.29 is 34.8 Å². The molecule has 7 nitrogen and oxygen atoms in total. The first-order chi connectivity index (χ1) is 17.1. The number of ether oxygens (including phenoxy) is 1. The zero-order chi connectivity index (χ0) is 26.1. The fourth-order valence-electron chi connectivity index (χ4n) is 5.47. The normalized spacial score (nSPS) is 27.1. The van der Waals surface area contributed by atoms with Crippen molar-refractivity contribution in [3.8, 4) is 11.1 Å². The van der Waals surface area contributed by atoms with E-state index in [1.807, 2.05) is 30.3 Å². The van der Waals surface area contributed by atoms with Gasteiger partial charge in [0.05, 0.1) is 12.0 Å². The second kappa shape index (κ2) is 10.3. The minimum Gasteiger partial charge on any atom is -0.478 e. The number of hydrogen-bond acceptors (Lipinski definition) is 6. The molecule has 1 aliphatic heterocycles. The Morgan fingerprint density at radius 1 is 1.08 bits per heavy atom. The van der Waals surface area contributed by atoms with E-state index in [0.29, 0.717) is 17.0 Å². The minimum atomic E-state index is -2.80. The van der Waals surface area contributed by atoms with Crippen LogP contribution in [0.5, 0.6) is 0 Å². The number of carbonyl (C=O) groups is 2. The van der Waals surface area contributed by atoms with Gasteiger partial charge in [0.1, 0.15) is 5.60 Å². The summed E-state index contributed by atoms with van der Waals surface area (Å²) in [5, 5.41) is 44.0. The van der Waals surface area contributed by atoms with Crippen LogP contribution >= 0.6 is 11.6 Å². The van der Waals surface area contributed by atoms with Crippen molar-refractivity contribution in [2.75, 3.05) is 0 Å². The first-order valence-corrected chi connectivity index (χ1v) is 12.6. The predicted molar refractivity (Wildman–Crippen MR) is 134 cm³/mol. The molecule has 4 N–H and O–H groups in total. The lowest BCUT2D eigenvalue weighted by molar-refractivity contribution is -0.315. The van der Waals surface area contributed by atoms with Gasteiger partial charge in [-0.15, -0.1) is 0 Å². The number of rotatable bonds is 9. The maximum Gasteiger partial charge on any atom is 0.335 e. The number of unbranched alkanes of at least 4 members (excludes halogenated alkanes) is 3. The van der Waals surface area contributed by atoms with E-state index in [9.17, 15) is 30.0 Å². The van der Waals surface area contributed by atoms with Crippen LogP contribution in [0.25, 0.3) is 11.1 Å². The monoisotopic (exact) mass is 514 g/mol. The maximum absolute atomic E-state index is 12.4. The van der Waals surface area contributed by atoms with Crippen LogP contribution in [0.3, 0.4) is 0 Å². The van der Waals surface area contributed by atoms with E-state index in [0.717, 1.165) is 31.2 Å². The molecule has 192 valence electrons. The number of aromatic carboxylic acids is 1. The summed E-state index contributed by atoms with van der Waals surface area (Å²) in [7, 11) is 0. The first-order valence-electron chi connectivity index (χ1n) is 12.3. The fourth-order valence-corrected chi connectivity index (χ4v) is 5.74. The Morgan fingerprint density at radius 3 is 2.47 bits per heavy atom. The molecule has 1 heterocycles. The summed E-state index contributed by atoms with van der Waals surface area (Å²) in [6.45, 7) is 2.10. The van der Waals surface area contributed by atoms with E-state index in [1.165, 1.54) is 6.07 Å². The van der Waals surface area contributed by atoms with Gasteiger partial charge in [0.2, 0.25) is 5.79 Å². The third-order valence-electron chi connectivity index (χ3n) is 7.35. The molecule has 2 aromatic rings. The fraction of sp³-hybridized carbons (Fsp3) is 0.429. The Kier molecular flexibility index (Phi) is 7.57. The molecule has 2 bridgehead atoms. The van der Waals surface area contributed by atoms with E-state index in [2.05, 4.69) is 6.92 Å². The van der Waals surface area contributed by atoms with E-state index < -0.39 is 47.7 Å². The van der Waals surface area contributed by atoms with E-state index in [4.69, 9.17) is 16.3 Å². The average molecular weight is 515 g/mol. The number of hydrogen-bond donors (Lipinski definition) is 4. The summed E-state index contributed by atoms with van der Waals surface area (Å²) < 4.78 is 5.37. The number of carboxylic acids is 1. The Balaban J connectivity index is 1.85. The van der Waals surface area contributed by atoms with Crippen LogP contribution in [0.1, 0.15) is 67.3 Å². The summed E-state index contributed by atoms with van der Waals surface area (Å²) in [5.41, 5.74) is -0.638. The molecule has 0 unspecified atom stereocenters. The van der Waals surface area contributed by atoms with Crippen molar-refractivity contribution in [2.24, 2.45) is 5.92 Å². The Bertz CT molecular complexity index is 1160. The zero-order valence-electron chi connectivity index (χ0n) is 20.1. The largest absolute Gasteiger partial charge is 0.478 e. The molecule has 0 radical (unpaired) electrons. The van der Waals surface area contributed by atoms with Gasteiger partial charge < -0.3 is 25.2 Å². The van der Waals surface area contributed by atoms with Crippen molar-refractivity contribution in [3.05, 3.63) is 70.8 Å². The molecular formula is C28H31ClO7. The highest BCUT2D eigenvalue weighted by Gasteiger charge is 2.73. The molecule has 2 fully saturated rings. The van der Waals surface area contributed by atoms with Gasteiger partial charge in [0.25, 0.3) is 0 Å². The van der Waals surface area contributed by atoms with Gasteiger partial charge in [-0.1, -0.05) is 80.3 Å². The van der Waals surface area contributed by atoms with Crippen LogP contribution in [-0.2, 0) is 9.53 Å². The molecule has 1 saturated carbocycles. The molecular weight excluding hydrogens is 484 g/mol. The Morgan fingerprint density at radius 2 is 1.81 bits per heavy atom. The van der Waals surface area contributed by atoms with E-state index in [-0.39, 0.29) is 11.1 Å². The van der Waals surface area contributed by atoms with Crippen LogP contribution < -0.4 is 0 Å². The highest BCUT2D eigenvalue weighted by molar-refractivity contribution is 6.29. The second-order valence-corrected chi connectivity index (χ2v) is 10.2. The number of halogens is 1. The van der Waals surface area contributed by atoms with Crippen LogP contribution in [0.2, 0.25) is 0 Å². The van der Waals surface area contributed by atoms with E-state index >= 15 is 0 Å². The number of benzene rings is 2. The maximum atomic E-state index is 12.4. The number of aliphatic hydroxyl groups is 3. The molecule has 1 saturated heterocycles. The third kappa shape index (κ3) is 4.68. The van der Waals surface area contributed by atoms with Crippen LogP contribution in [0, 0.1) is 5.92 Å². The molecule has 4 rings (SSSR count). The summed E-state index contributed by atoms with van der Waals surface area (Å²) in [6.07, 6.45) is 3.70. The lowest BCUT2D eigenvalue weighted by Crippen LogP contribution is -2.62. The molecule has 2 aliphatic rings. The molecule has 4 atom stereocenters. The summed E-state index contributed by atoms with van der Waals surface area (Å²) in [5.74, 6) is -6.95. The first kappa shape index (κ1) is 26.4. The number of esters is 1. The molecule has 8 heteroatoms. The van der Waals surface area contributed by atoms with Crippen molar-refractivity contribution in [2.45, 2.75) is 68.9 Å². The van der Waals surface area contributed by atoms with Crippen LogP contribution in [0.15, 0.2) is 59.6 Å². The van der Waals surface area contributed by atoms with Gasteiger partial charge in [-0.25, -0.2) is 4.79 Å². The van der Waals surface area contributed by atoms with Crippen LogP contribution in [0.4, 0.5) is 0 Å². The smallest absolute Gasteiger partial charge is 0.335 e. The third-order valence-corrected chi connectivity index (χ3v) is 7.66. The highest BCUT2D eigenvalue weighted by atomic mass is 35.5. The van der Waals surface area contributed by atoms with Gasteiger partial charge in [-0.2, -0.15) is 0 Å². The quantitative estimate of drug-likeness (QED) is 0.219. The number of fused-ring (bicyclic) bond motifs is 2. The van der Waals surface area contributed by atoms with Crippen molar-refractivity contribution in [1.29, 1.82) is 0 Å². The summed E-state index contributed by atoms with van der Waals surface area (Å²) >= 11 is 6.55.